The van der Waals surface area contributed by atoms with Crippen LogP contribution < -0.4 is 10.5 Å². The number of aliphatic carboxylic acids is 1. The van der Waals surface area contributed by atoms with Crippen molar-refractivity contribution < 1.29 is 19.0 Å². The van der Waals surface area contributed by atoms with Crippen LogP contribution in [0.15, 0.2) is 60.7 Å². The van der Waals surface area contributed by atoms with E-state index in [9.17, 15) is 9.18 Å². The topological polar surface area (TPSA) is 72.5 Å². The van der Waals surface area contributed by atoms with Crippen molar-refractivity contribution in [1.82, 2.24) is 0 Å². The second-order valence-corrected chi connectivity index (χ2v) is 6.79. The molecule has 150 valence electrons. The van der Waals surface area contributed by atoms with Gasteiger partial charge in [-0.25, -0.2) is 4.39 Å². The molecule has 0 saturated carbocycles. The molecule has 4 nitrogen and oxygen atoms in total. The van der Waals surface area contributed by atoms with Gasteiger partial charge in [0, 0.05) is 23.2 Å². The highest BCUT2D eigenvalue weighted by Gasteiger charge is 2.13. The number of nitrogens with two attached hydrogens (primary N) is 1. The number of para-hydroxylation sites is 1. The maximum atomic E-state index is 14.7. The summed E-state index contributed by atoms with van der Waals surface area (Å²) in [6.45, 7) is 2.46. The molecule has 3 rings (SSSR count). The summed E-state index contributed by atoms with van der Waals surface area (Å²) in [4.78, 5) is 11.1. The number of carboxylic acids is 1. The Morgan fingerprint density at radius 2 is 1.76 bits per heavy atom. The molecule has 0 unspecified atom stereocenters. The van der Waals surface area contributed by atoms with Crippen LogP contribution in [0.1, 0.15) is 29.2 Å². The normalized spacial score (nSPS) is 10.7. The predicted molar refractivity (Wildman–Crippen MR) is 111 cm³/mol. The quantitative estimate of drug-likeness (QED) is 0.581. The Hall–Kier alpha value is -3.18. The van der Waals surface area contributed by atoms with Gasteiger partial charge < -0.3 is 15.6 Å². The number of carbonyl (C=O) groups is 1. The third kappa shape index (κ3) is 4.81. The third-order valence-corrected chi connectivity index (χ3v) is 4.89. The van der Waals surface area contributed by atoms with Crippen molar-refractivity contribution in [2.75, 3.05) is 0 Å². The standard InChI is InChI=1S/C24H24FNO3/c1-2-16-10-11-17(21-8-5-7-19(14-26)24(21)25)12-20(16)15-29-22-9-4-3-6-18(22)13-23(27)28/h3-12H,2,13-15,26H2,1H3,(H,27,28). The minimum Gasteiger partial charge on any atom is -0.489 e. The first kappa shape index (κ1) is 20.6. The number of aryl methyl sites for hydroxylation is 1. The lowest BCUT2D eigenvalue weighted by molar-refractivity contribution is -0.136. The van der Waals surface area contributed by atoms with E-state index in [1.807, 2.05) is 31.2 Å². The number of carboxylic acid groups (broad SMARTS) is 1. The van der Waals surface area contributed by atoms with Gasteiger partial charge in [0.15, 0.2) is 0 Å². The molecule has 0 saturated heterocycles. The van der Waals surface area contributed by atoms with Gasteiger partial charge >= 0.3 is 5.97 Å². The molecule has 29 heavy (non-hydrogen) atoms. The fourth-order valence-corrected chi connectivity index (χ4v) is 3.34. The molecule has 0 aliphatic rings. The van der Waals surface area contributed by atoms with Gasteiger partial charge in [-0.2, -0.15) is 0 Å². The molecule has 0 atom stereocenters. The van der Waals surface area contributed by atoms with Gasteiger partial charge in [0.2, 0.25) is 0 Å². The first-order valence-corrected chi connectivity index (χ1v) is 9.55. The van der Waals surface area contributed by atoms with Crippen molar-refractivity contribution in [3.8, 4) is 16.9 Å². The summed E-state index contributed by atoms with van der Waals surface area (Å²) in [5.41, 5.74) is 10.0. The van der Waals surface area contributed by atoms with E-state index in [-0.39, 0.29) is 25.4 Å². The van der Waals surface area contributed by atoms with Crippen molar-refractivity contribution in [3.05, 3.63) is 88.7 Å². The van der Waals surface area contributed by atoms with Gasteiger partial charge in [0.25, 0.3) is 0 Å². The van der Waals surface area contributed by atoms with Crippen LogP contribution in [-0.4, -0.2) is 11.1 Å². The largest absolute Gasteiger partial charge is 0.489 e. The Labute approximate surface area is 169 Å². The van der Waals surface area contributed by atoms with E-state index in [1.54, 1.807) is 36.4 Å². The monoisotopic (exact) mass is 393 g/mol. The third-order valence-electron chi connectivity index (χ3n) is 4.89. The summed E-state index contributed by atoms with van der Waals surface area (Å²) in [6, 6.07) is 18.1. The van der Waals surface area contributed by atoms with Crippen LogP contribution >= 0.6 is 0 Å². The van der Waals surface area contributed by atoms with E-state index in [0.29, 0.717) is 22.4 Å². The summed E-state index contributed by atoms with van der Waals surface area (Å²) < 4.78 is 20.7. The van der Waals surface area contributed by atoms with Crippen molar-refractivity contribution in [1.29, 1.82) is 0 Å². The predicted octanol–water partition coefficient (Wildman–Crippen LogP) is 4.72. The van der Waals surface area contributed by atoms with Crippen LogP contribution in [0.3, 0.4) is 0 Å². The van der Waals surface area contributed by atoms with E-state index in [4.69, 9.17) is 15.6 Å². The Bertz CT molecular complexity index is 1020. The molecule has 3 aromatic rings. The number of hydrogen-bond acceptors (Lipinski definition) is 3. The molecule has 0 amide bonds. The van der Waals surface area contributed by atoms with Gasteiger partial charge in [-0.05, 0) is 35.2 Å². The molecule has 0 aliphatic heterocycles. The van der Waals surface area contributed by atoms with E-state index in [2.05, 4.69) is 0 Å². The average molecular weight is 393 g/mol. The van der Waals surface area contributed by atoms with Crippen LogP contribution in [0, 0.1) is 5.82 Å². The number of hydrogen-bond donors (Lipinski definition) is 2. The van der Waals surface area contributed by atoms with Crippen molar-refractivity contribution >= 4 is 5.97 Å². The summed E-state index contributed by atoms with van der Waals surface area (Å²) in [7, 11) is 0. The Balaban J connectivity index is 1.91. The lowest BCUT2D eigenvalue weighted by Crippen LogP contribution is -2.05. The molecule has 5 heteroatoms. The van der Waals surface area contributed by atoms with Crippen LogP contribution in [0.2, 0.25) is 0 Å². The van der Waals surface area contributed by atoms with Crippen molar-refractivity contribution in [2.24, 2.45) is 5.73 Å². The summed E-state index contributed by atoms with van der Waals surface area (Å²) in [5.74, 6) is -0.677. The second-order valence-electron chi connectivity index (χ2n) is 6.79. The lowest BCUT2D eigenvalue weighted by atomic mass is 9.96. The molecular formula is C24H24FNO3. The maximum absolute atomic E-state index is 14.7. The highest BCUT2D eigenvalue weighted by Crippen LogP contribution is 2.28. The summed E-state index contributed by atoms with van der Waals surface area (Å²) in [6.07, 6.45) is 0.703. The zero-order chi connectivity index (χ0) is 20.8. The van der Waals surface area contributed by atoms with Gasteiger partial charge in [-0.15, -0.1) is 0 Å². The fraction of sp³-hybridized carbons (Fsp3) is 0.208. The number of halogens is 1. The minimum absolute atomic E-state index is 0.103. The molecule has 0 fully saturated rings. The zero-order valence-corrected chi connectivity index (χ0v) is 16.3. The maximum Gasteiger partial charge on any atom is 0.307 e. The van der Waals surface area contributed by atoms with E-state index in [1.165, 1.54) is 0 Å². The zero-order valence-electron chi connectivity index (χ0n) is 16.3. The fourth-order valence-electron chi connectivity index (χ4n) is 3.34. The SMILES string of the molecule is CCc1ccc(-c2cccc(CN)c2F)cc1COc1ccccc1CC(=O)O. The molecule has 0 radical (unpaired) electrons. The van der Waals surface area contributed by atoms with Crippen LogP contribution in [0.4, 0.5) is 4.39 Å². The molecule has 0 aromatic heterocycles. The van der Waals surface area contributed by atoms with Crippen LogP contribution in [0.25, 0.3) is 11.1 Å². The molecule has 3 aromatic carbocycles. The molecular weight excluding hydrogens is 369 g/mol. The van der Waals surface area contributed by atoms with Crippen molar-refractivity contribution in [3.63, 3.8) is 0 Å². The highest BCUT2D eigenvalue weighted by molar-refractivity contribution is 5.71. The highest BCUT2D eigenvalue weighted by atomic mass is 19.1. The van der Waals surface area contributed by atoms with E-state index >= 15 is 0 Å². The van der Waals surface area contributed by atoms with E-state index < -0.39 is 5.97 Å². The Kier molecular flexibility index (Phi) is 6.62. The van der Waals surface area contributed by atoms with Gasteiger partial charge in [0.05, 0.1) is 6.42 Å². The van der Waals surface area contributed by atoms with Gasteiger partial charge in [-0.3, -0.25) is 4.79 Å². The number of rotatable bonds is 8. The average Bonchev–Trinajstić information content (AvgIpc) is 2.72. The van der Waals surface area contributed by atoms with E-state index in [0.717, 1.165) is 23.1 Å². The summed E-state index contributed by atoms with van der Waals surface area (Å²) in [5, 5.41) is 9.09. The number of benzene rings is 3. The second kappa shape index (κ2) is 9.34. The van der Waals surface area contributed by atoms with Crippen LogP contribution in [-0.2, 0) is 30.8 Å². The van der Waals surface area contributed by atoms with Gasteiger partial charge in [0.1, 0.15) is 18.2 Å². The smallest absolute Gasteiger partial charge is 0.307 e. The lowest BCUT2D eigenvalue weighted by Gasteiger charge is -2.15. The summed E-state index contributed by atoms with van der Waals surface area (Å²) >= 11 is 0. The first-order valence-electron chi connectivity index (χ1n) is 9.55. The molecule has 0 heterocycles. The number of ether oxygens (including phenoxy) is 1. The molecule has 0 aliphatic carbocycles. The molecule has 0 bridgehead atoms. The van der Waals surface area contributed by atoms with Crippen molar-refractivity contribution in [2.45, 2.75) is 32.9 Å². The Morgan fingerprint density at radius 3 is 2.48 bits per heavy atom. The minimum atomic E-state index is -0.910. The van der Waals surface area contributed by atoms with Crippen LogP contribution in [0.5, 0.6) is 5.75 Å². The molecule has 3 N–H and O–H groups in total. The molecule has 0 spiro atoms. The Morgan fingerprint density at radius 1 is 1.00 bits per heavy atom. The first-order chi connectivity index (χ1) is 14.0. The van der Waals surface area contributed by atoms with Gasteiger partial charge in [-0.1, -0.05) is 55.5 Å².